The van der Waals surface area contributed by atoms with Crippen LogP contribution in [0, 0.1) is 0 Å². The molecule has 1 fully saturated rings. The van der Waals surface area contributed by atoms with Crippen molar-refractivity contribution in [3.63, 3.8) is 0 Å². The normalized spacial score (nSPS) is 23.1. The molecule has 0 saturated heterocycles. The van der Waals surface area contributed by atoms with Crippen molar-refractivity contribution in [2.45, 2.75) is 37.6 Å². The second-order valence-corrected chi connectivity index (χ2v) is 3.58. The van der Waals surface area contributed by atoms with Crippen LogP contribution in [0.15, 0.2) is 11.9 Å². The standard InChI is InChI=1S/C6H11F2N.C3H4F3N/c7-6(8)3-1-2-5(9)4-6;4-2(1-7)3(5)6/h5H,1-4,9H2;1,7H2. The smallest absolute Gasteiger partial charge is 0.302 e. The highest BCUT2D eigenvalue weighted by Crippen LogP contribution is 2.31. The Morgan fingerprint density at radius 1 is 1.25 bits per heavy atom. The fourth-order valence-corrected chi connectivity index (χ4v) is 1.29. The minimum absolute atomic E-state index is 0.0285. The highest BCUT2D eigenvalue weighted by Gasteiger charge is 2.34. The van der Waals surface area contributed by atoms with Gasteiger partial charge in [-0.05, 0) is 12.8 Å². The molecule has 0 aliphatic heterocycles. The number of nitrogens with two attached hydrogens (primary N) is 2. The lowest BCUT2D eigenvalue weighted by atomic mass is 9.93. The van der Waals surface area contributed by atoms with E-state index in [2.05, 4.69) is 5.73 Å². The van der Waals surface area contributed by atoms with Crippen LogP contribution in [0.5, 0.6) is 0 Å². The van der Waals surface area contributed by atoms with Crippen molar-refractivity contribution >= 4 is 0 Å². The average molecular weight is 246 g/mol. The summed E-state index contributed by atoms with van der Waals surface area (Å²) in [6.45, 7) is -0.720. The Kier molecular flexibility index (Phi) is 6.51. The highest BCUT2D eigenvalue weighted by atomic mass is 19.3. The van der Waals surface area contributed by atoms with Gasteiger partial charge in [-0.15, -0.1) is 0 Å². The molecular formula is C9H15F5N2. The van der Waals surface area contributed by atoms with Crippen molar-refractivity contribution in [1.29, 1.82) is 0 Å². The molecule has 16 heavy (non-hydrogen) atoms. The fraction of sp³-hybridized carbons (Fsp3) is 0.778. The molecule has 0 heterocycles. The van der Waals surface area contributed by atoms with E-state index in [1.165, 1.54) is 0 Å². The van der Waals surface area contributed by atoms with Crippen molar-refractivity contribution < 1.29 is 22.0 Å². The average Bonchev–Trinajstić information content (AvgIpc) is 2.15. The number of rotatable bonds is 1. The van der Waals surface area contributed by atoms with Crippen LogP contribution in [0.3, 0.4) is 0 Å². The molecular weight excluding hydrogens is 231 g/mol. The summed E-state index contributed by atoms with van der Waals surface area (Å²) in [6, 6.07) is -0.270. The number of hydrogen-bond donors (Lipinski definition) is 2. The van der Waals surface area contributed by atoms with E-state index >= 15 is 0 Å². The van der Waals surface area contributed by atoms with Crippen LogP contribution in [0.1, 0.15) is 25.7 Å². The molecule has 4 N–H and O–H groups in total. The second kappa shape index (κ2) is 6.80. The summed E-state index contributed by atoms with van der Waals surface area (Å²) in [4.78, 5) is 0. The van der Waals surface area contributed by atoms with E-state index in [0.29, 0.717) is 6.42 Å². The Balaban J connectivity index is 0.000000293. The van der Waals surface area contributed by atoms with Gasteiger partial charge in [-0.25, -0.2) is 13.2 Å². The number of alkyl halides is 2. The van der Waals surface area contributed by atoms with Crippen molar-refractivity contribution in [3.8, 4) is 0 Å². The maximum Gasteiger partial charge on any atom is 0.302 e. The van der Waals surface area contributed by atoms with Crippen molar-refractivity contribution in [2.24, 2.45) is 11.5 Å². The van der Waals surface area contributed by atoms with Gasteiger partial charge in [0.05, 0.1) is 6.54 Å². The lowest BCUT2D eigenvalue weighted by molar-refractivity contribution is -0.0395. The van der Waals surface area contributed by atoms with E-state index in [4.69, 9.17) is 5.73 Å². The van der Waals surface area contributed by atoms with Gasteiger partial charge in [-0.2, -0.15) is 8.78 Å². The van der Waals surface area contributed by atoms with Crippen molar-refractivity contribution in [2.75, 3.05) is 6.54 Å². The van der Waals surface area contributed by atoms with Crippen LogP contribution in [-0.2, 0) is 0 Å². The minimum Gasteiger partial charge on any atom is -0.327 e. The van der Waals surface area contributed by atoms with E-state index < -0.39 is 24.4 Å². The first-order valence-corrected chi connectivity index (χ1v) is 4.81. The van der Waals surface area contributed by atoms with Crippen LogP contribution in [-0.4, -0.2) is 18.5 Å². The Labute approximate surface area is 90.5 Å². The molecule has 2 nitrogen and oxygen atoms in total. The van der Waals surface area contributed by atoms with Crippen LogP contribution in [0.25, 0.3) is 0 Å². The molecule has 1 aliphatic rings. The summed E-state index contributed by atoms with van der Waals surface area (Å²) >= 11 is 0. The number of halogens is 5. The third-order valence-electron chi connectivity index (χ3n) is 2.06. The first-order valence-electron chi connectivity index (χ1n) is 4.81. The molecule has 0 aromatic heterocycles. The van der Waals surface area contributed by atoms with Gasteiger partial charge in [-0.1, -0.05) is 0 Å². The van der Waals surface area contributed by atoms with Crippen molar-refractivity contribution in [1.82, 2.24) is 0 Å². The zero-order valence-corrected chi connectivity index (χ0v) is 8.66. The SMILES string of the molecule is NC1CCCC(F)(F)C1.NCC(F)=C(F)F. The topological polar surface area (TPSA) is 52.0 Å². The molecule has 0 spiro atoms. The Hall–Kier alpha value is -0.690. The van der Waals surface area contributed by atoms with Gasteiger partial charge in [-0.3, -0.25) is 0 Å². The molecule has 7 heteroatoms. The third-order valence-corrected chi connectivity index (χ3v) is 2.06. The minimum atomic E-state index is -2.47. The molecule has 1 saturated carbocycles. The zero-order chi connectivity index (χ0) is 12.8. The summed E-state index contributed by atoms with van der Waals surface area (Å²) in [7, 11) is 0. The van der Waals surface area contributed by atoms with E-state index in [9.17, 15) is 22.0 Å². The van der Waals surface area contributed by atoms with Crippen LogP contribution >= 0.6 is 0 Å². The summed E-state index contributed by atoms with van der Waals surface area (Å²) in [5.74, 6) is -4.02. The molecule has 1 rings (SSSR count). The lowest BCUT2D eigenvalue weighted by Crippen LogP contribution is -2.34. The van der Waals surface area contributed by atoms with Gasteiger partial charge in [0.1, 0.15) is 0 Å². The molecule has 0 amide bonds. The Bertz CT molecular complexity index is 238. The van der Waals surface area contributed by atoms with Gasteiger partial charge < -0.3 is 11.5 Å². The molecule has 1 atom stereocenters. The largest absolute Gasteiger partial charge is 0.327 e. The Morgan fingerprint density at radius 3 is 2.00 bits per heavy atom. The second-order valence-electron chi connectivity index (χ2n) is 3.58. The van der Waals surface area contributed by atoms with Gasteiger partial charge in [0.15, 0.2) is 5.83 Å². The number of hydrogen-bond acceptors (Lipinski definition) is 2. The fourth-order valence-electron chi connectivity index (χ4n) is 1.29. The van der Waals surface area contributed by atoms with Gasteiger partial charge in [0, 0.05) is 18.9 Å². The molecule has 96 valence electrons. The molecule has 1 aliphatic carbocycles. The molecule has 0 aromatic rings. The van der Waals surface area contributed by atoms with E-state index in [1.807, 2.05) is 0 Å². The van der Waals surface area contributed by atoms with E-state index in [1.54, 1.807) is 0 Å². The van der Waals surface area contributed by atoms with Crippen LogP contribution in [0.2, 0.25) is 0 Å². The van der Waals surface area contributed by atoms with Gasteiger partial charge >= 0.3 is 6.08 Å². The summed E-state index contributed by atoms with van der Waals surface area (Å²) in [6.07, 6.45) is -1.08. The quantitative estimate of drug-likeness (QED) is 0.698. The third kappa shape index (κ3) is 6.73. The zero-order valence-electron chi connectivity index (χ0n) is 8.66. The lowest BCUT2D eigenvalue weighted by Gasteiger charge is -2.25. The summed E-state index contributed by atoms with van der Waals surface area (Å²) in [5.41, 5.74) is 9.79. The predicted octanol–water partition coefficient (Wildman–Crippen LogP) is 2.55. The molecule has 1 unspecified atom stereocenters. The van der Waals surface area contributed by atoms with E-state index in [0.717, 1.165) is 6.42 Å². The Morgan fingerprint density at radius 2 is 1.81 bits per heavy atom. The maximum atomic E-state index is 12.4. The maximum absolute atomic E-state index is 12.4. The first kappa shape index (κ1) is 15.3. The molecule has 0 aromatic carbocycles. The monoisotopic (exact) mass is 246 g/mol. The van der Waals surface area contributed by atoms with E-state index in [-0.39, 0.29) is 18.9 Å². The highest BCUT2D eigenvalue weighted by molar-refractivity contribution is 4.91. The summed E-state index contributed by atoms with van der Waals surface area (Å²) < 4.78 is 57.7. The molecule has 0 bridgehead atoms. The van der Waals surface area contributed by atoms with Crippen LogP contribution < -0.4 is 11.5 Å². The van der Waals surface area contributed by atoms with Gasteiger partial charge in [0.25, 0.3) is 0 Å². The summed E-state index contributed by atoms with van der Waals surface area (Å²) in [5, 5.41) is 0. The predicted molar refractivity (Wildman–Crippen MR) is 50.8 cm³/mol. The van der Waals surface area contributed by atoms with Crippen molar-refractivity contribution in [3.05, 3.63) is 11.9 Å². The first-order chi connectivity index (χ1) is 7.28. The van der Waals surface area contributed by atoms with Gasteiger partial charge in [0.2, 0.25) is 5.92 Å². The van der Waals surface area contributed by atoms with Crippen LogP contribution in [0.4, 0.5) is 22.0 Å². The molecule has 0 radical (unpaired) electrons.